The van der Waals surface area contributed by atoms with Gasteiger partial charge in [-0.05, 0) is 18.8 Å². The van der Waals surface area contributed by atoms with Crippen molar-refractivity contribution in [2.45, 2.75) is 65.4 Å². The van der Waals surface area contributed by atoms with E-state index in [2.05, 4.69) is 20.8 Å². The topological polar surface area (TPSA) is 46.5 Å². The summed E-state index contributed by atoms with van der Waals surface area (Å²) in [5.74, 6) is 0.127. The Bertz CT molecular complexity index is 176. The van der Waals surface area contributed by atoms with Crippen LogP contribution in [0.15, 0.2) is 0 Å². The van der Waals surface area contributed by atoms with E-state index in [1.54, 1.807) is 0 Å². The Hall–Kier alpha value is -0.570. The number of rotatable bonds is 9. The molecule has 0 rings (SSSR count). The summed E-state index contributed by atoms with van der Waals surface area (Å²) >= 11 is 0. The van der Waals surface area contributed by atoms with Crippen LogP contribution in [0.1, 0.15) is 59.3 Å². The van der Waals surface area contributed by atoms with Crippen LogP contribution in [0.4, 0.5) is 0 Å². The number of ether oxygens (including phenoxy) is 1. The number of carbonyl (C=O) groups is 1. The van der Waals surface area contributed by atoms with Crippen LogP contribution in [0, 0.1) is 5.92 Å². The molecule has 3 nitrogen and oxygen atoms in total. The van der Waals surface area contributed by atoms with E-state index in [-0.39, 0.29) is 12.1 Å². The molecule has 1 unspecified atom stereocenters. The van der Waals surface area contributed by atoms with Crippen molar-refractivity contribution in [2.75, 3.05) is 6.61 Å². The van der Waals surface area contributed by atoms with Gasteiger partial charge in [0, 0.05) is 6.42 Å². The predicted octanol–water partition coefficient (Wildman–Crippen LogP) is 2.91. The first-order valence-electron chi connectivity index (χ1n) is 6.49. The molecule has 0 aliphatic rings. The lowest BCUT2D eigenvalue weighted by Crippen LogP contribution is -2.20. The van der Waals surface area contributed by atoms with Gasteiger partial charge in [0.15, 0.2) is 0 Å². The normalized spacial score (nSPS) is 12.8. The van der Waals surface area contributed by atoms with Crippen LogP contribution in [-0.2, 0) is 9.53 Å². The highest BCUT2D eigenvalue weighted by molar-refractivity contribution is 5.69. The van der Waals surface area contributed by atoms with Crippen molar-refractivity contribution >= 4 is 5.97 Å². The molecule has 0 radical (unpaired) electrons. The van der Waals surface area contributed by atoms with Crippen molar-refractivity contribution in [1.82, 2.24) is 0 Å². The minimum absolute atomic E-state index is 0.182. The average molecular weight is 230 g/mol. The molecule has 3 heteroatoms. The van der Waals surface area contributed by atoms with Crippen LogP contribution >= 0.6 is 0 Å². The van der Waals surface area contributed by atoms with Crippen molar-refractivity contribution in [3.05, 3.63) is 0 Å². The summed E-state index contributed by atoms with van der Waals surface area (Å²) in [5, 5.41) is 9.82. The van der Waals surface area contributed by atoms with Gasteiger partial charge in [0.25, 0.3) is 0 Å². The van der Waals surface area contributed by atoms with Crippen molar-refractivity contribution in [2.24, 2.45) is 5.92 Å². The van der Waals surface area contributed by atoms with Gasteiger partial charge in [-0.25, -0.2) is 0 Å². The van der Waals surface area contributed by atoms with E-state index in [9.17, 15) is 9.90 Å². The minimum Gasteiger partial charge on any atom is -0.466 e. The summed E-state index contributed by atoms with van der Waals surface area (Å²) < 4.78 is 5.03. The van der Waals surface area contributed by atoms with Gasteiger partial charge in [-0.15, -0.1) is 0 Å². The van der Waals surface area contributed by atoms with E-state index >= 15 is 0 Å². The SMILES string of the molecule is CCCCOC(=O)CCC(O)C(CC)CC. The second-order valence-corrected chi connectivity index (χ2v) is 4.26. The Morgan fingerprint density at radius 1 is 1.25 bits per heavy atom. The van der Waals surface area contributed by atoms with Gasteiger partial charge in [0.1, 0.15) is 0 Å². The second-order valence-electron chi connectivity index (χ2n) is 4.26. The van der Waals surface area contributed by atoms with E-state index in [0.717, 1.165) is 25.7 Å². The Labute approximate surface area is 99.2 Å². The van der Waals surface area contributed by atoms with Gasteiger partial charge in [-0.1, -0.05) is 40.0 Å². The first-order valence-corrected chi connectivity index (χ1v) is 6.49. The zero-order valence-electron chi connectivity index (χ0n) is 10.9. The Balaban J connectivity index is 3.65. The Morgan fingerprint density at radius 3 is 2.38 bits per heavy atom. The molecule has 0 aliphatic carbocycles. The molecule has 16 heavy (non-hydrogen) atoms. The lowest BCUT2D eigenvalue weighted by Gasteiger charge is -2.19. The molecule has 0 amide bonds. The molecule has 0 aliphatic heterocycles. The van der Waals surface area contributed by atoms with Gasteiger partial charge in [-0.3, -0.25) is 4.79 Å². The fourth-order valence-corrected chi connectivity index (χ4v) is 1.74. The fraction of sp³-hybridized carbons (Fsp3) is 0.923. The lowest BCUT2D eigenvalue weighted by molar-refractivity contribution is -0.144. The van der Waals surface area contributed by atoms with E-state index < -0.39 is 0 Å². The van der Waals surface area contributed by atoms with Crippen molar-refractivity contribution in [3.8, 4) is 0 Å². The maximum atomic E-state index is 11.3. The molecule has 1 N–H and O–H groups in total. The maximum Gasteiger partial charge on any atom is 0.305 e. The van der Waals surface area contributed by atoms with E-state index in [1.807, 2.05) is 0 Å². The van der Waals surface area contributed by atoms with Crippen LogP contribution in [-0.4, -0.2) is 23.8 Å². The monoisotopic (exact) mass is 230 g/mol. The Morgan fingerprint density at radius 2 is 1.88 bits per heavy atom. The largest absolute Gasteiger partial charge is 0.466 e. The van der Waals surface area contributed by atoms with Crippen LogP contribution in [0.2, 0.25) is 0 Å². The first-order chi connectivity index (χ1) is 7.65. The number of aliphatic hydroxyl groups is 1. The van der Waals surface area contributed by atoms with Crippen LogP contribution in [0.5, 0.6) is 0 Å². The smallest absolute Gasteiger partial charge is 0.305 e. The van der Waals surface area contributed by atoms with Crippen molar-refractivity contribution in [1.29, 1.82) is 0 Å². The summed E-state index contributed by atoms with van der Waals surface area (Å²) in [7, 11) is 0. The summed E-state index contributed by atoms with van der Waals surface area (Å²) in [6.07, 6.45) is 4.36. The van der Waals surface area contributed by atoms with E-state index in [0.29, 0.717) is 25.4 Å². The lowest BCUT2D eigenvalue weighted by atomic mass is 9.93. The molecular formula is C13H26O3. The third-order valence-corrected chi connectivity index (χ3v) is 3.00. The second kappa shape index (κ2) is 9.64. The molecule has 0 saturated carbocycles. The van der Waals surface area contributed by atoms with Crippen molar-refractivity contribution < 1.29 is 14.6 Å². The van der Waals surface area contributed by atoms with Gasteiger partial charge in [0.2, 0.25) is 0 Å². The van der Waals surface area contributed by atoms with Gasteiger partial charge in [0.05, 0.1) is 12.7 Å². The van der Waals surface area contributed by atoms with E-state index in [1.165, 1.54) is 0 Å². The molecule has 0 saturated heterocycles. The third kappa shape index (κ3) is 6.83. The average Bonchev–Trinajstić information content (AvgIpc) is 2.28. The standard InChI is InChI=1S/C13H26O3/c1-4-7-10-16-13(15)9-8-12(14)11(5-2)6-3/h11-12,14H,4-10H2,1-3H3. The summed E-state index contributed by atoms with van der Waals surface area (Å²) in [5.41, 5.74) is 0. The molecule has 0 aromatic rings. The first kappa shape index (κ1) is 15.4. The summed E-state index contributed by atoms with van der Waals surface area (Å²) in [4.78, 5) is 11.3. The van der Waals surface area contributed by atoms with Crippen LogP contribution < -0.4 is 0 Å². The summed E-state index contributed by atoms with van der Waals surface area (Å²) in [6.45, 7) is 6.70. The predicted molar refractivity (Wildman–Crippen MR) is 65.2 cm³/mol. The third-order valence-electron chi connectivity index (χ3n) is 3.00. The molecule has 0 aromatic carbocycles. The molecule has 96 valence electrons. The number of hydrogen-bond donors (Lipinski definition) is 1. The number of unbranched alkanes of at least 4 members (excludes halogenated alkanes) is 1. The highest BCUT2D eigenvalue weighted by Gasteiger charge is 2.16. The van der Waals surface area contributed by atoms with Crippen LogP contribution in [0.25, 0.3) is 0 Å². The van der Waals surface area contributed by atoms with Gasteiger partial charge >= 0.3 is 5.97 Å². The molecule has 0 aromatic heterocycles. The van der Waals surface area contributed by atoms with Crippen LogP contribution in [0.3, 0.4) is 0 Å². The molecular weight excluding hydrogens is 204 g/mol. The maximum absolute atomic E-state index is 11.3. The van der Waals surface area contributed by atoms with Crippen molar-refractivity contribution in [3.63, 3.8) is 0 Å². The van der Waals surface area contributed by atoms with E-state index in [4.69, 9.17) is 4.74 Å². The summed E-state index contributed by atoms with van der Waals surface area (Å²) in [6, 6.07) is 0. The molecule has 0 spiro atoms. The molecule has 0 bridgehead atoms. The fourth-order valence-electron chi connectivity index (χ4n) is 1.74. The molecule has 0 fully saturated rings. The quantitative estimate of drug-likeness (QED) is 0.489. The molecule has 1 atom stereocenters. The van der Waals surface area contributed by atoms with Gasteiger partial charge in [-0.2, -0.15) is 0 Å². The highest BCUT2D eigenvalue weighted by atomic mass is 16.5. The Kier molecular flexibility index (Phi) is 9.30. The number of esters is 1. The number of aliphatic hydroxyl groups excluding tert-OH is 1. The highest BCUT2D eigenvalue weighted by Crippen LogP contribution is 2.17. The van der Waals surface area contributed by atoms with Gasteiger partial charge < -0.3 is 9.84 Å². The molecule has 0 heterocycles. The number of carbonyl (C=O) groups excluding carboxylic acids is 1. The zero-order chi connectivity index (χ0) is 12.4. The number of hydrogen-bond acceptors (Lipinski definition) is 3. The zero-order valence-corrected chi connectivity index (χ0v) is 10.9. The minimum atomic E-state index is -0.367.